The van der Waals surface area contributed by atoms with Gasteiger partial charge in [-0.2, -0.15) is 12.8 Å². The fourth-order valence-electron chi connectivity index (χ4n) is 3.92. The molecular formula is C29H32PY3-. The number of rotatable bonds is 11. The minimum atomic E-state index is -1.69. The van der Waals surface area contributed by atoms with E-state index in [4.69, 9.17) is 0 Å². The van der Waals surface area contributed by atoms with Crippen molar-refractivity contribution in [1.29, 1.82) is 0 Å². The van der Waals surface area contributed by atoms with Crippen LogP contribution in [0, 0.1) is 12.2 Å². The van der Waals surface area contributed by atoms with Gasteiger partial charge in [0.2, 0.25) is 0 Å². The summed E-state index contributed by atoms with van der Waals surface area (Å²) in [5, 5.41) is 4.40. The van der Waals surface area contributed by atoms with Crippen LogP contribution in [0.1, 0.15) is 39.0 Å². The Kier molecular flexibility index (Phi) is 20.5. The number of hydrogen-bond acceptors (Lipinski definition) is 0. The molecule has 0 nitrogen and oxygen atoms in total. The van der Waals surface area contributed by atoms with Crippen LogP contribution < -0.4 is 15.9 Å². The van der Waals surface area contributed by atoms with Gasteiger partial charge in [0.25, 0.3) is 0 Å². The quantitative estimate of drug-likeness (QED) is 0.121. The summed E-state index contributed by atoms with van der Waals surface area (Å²) in [6.45, 7) is 2.12. The maximum atomic E-state index is 3.47. The van der Waals surface area contributed by atoms with Crippen molar-refractivity contribution in [2.45, 2.75) is 39.0 Å². The van der Waals surface area contributed by atoms with Crippen molar-refractivity contribution in [3.8, 4) is 0 Å². The number of unbranched alkanes of at least 4 members (excludes halogenated alkanes) is 2. The maximum absolute atomic E-state index is 3.47. The van der Waals surface area contributed by atoms with E-state index in [-0.39, 0.29) is 98.1 Å². The Morgan fingerprint density at radius 1 is 0.606 bits per heavy atom. The Balaban J connectivity index is 0.00000341. The van der Waals surface area contributed by atoms with Gasteiger partial charge in [-0.15, -0.1) is 0 Å². The molecule has 3 radical (unpaired) electrons. The smallest absolute Gasteiger partial charge is 0.112 e. The van der Waals surface area contributed by atoms with E-state index in [1.807, 2.05) is 0 Å². The van der Waals surface area contributed by atoms with E-state index in [0.29, 0.717) is 0 Å². The fourth-order valence-corrected chi connectivity index (χ4v) is 8.29. The molecule has 3 aromatic rings. The third-order valence-corrected chi connectivity index (χ3v) is 9.88. The number of allylic oxidation sites excluding steroid dienone is 4. The summed E-state index contributed by atoms with van der Waals surface area (Å²) < 4.78 is 0. The van der Waals surface area contributed by atoms with Gasteiger partial charge in [0.15, 0.2) is 0 Å². The van der Waals surface area contributed by atoms with Crippen molar-refractivity contribution in [3.63, 3.8) is 0 Å². The maximum Gasteiger partial charge on any atom is 0.112 e. The van der Waals surface area contributed by atoms with Crippen LogP contribution in [-0.2, 0) is 98.1 Å². The molecule has 0 saturated carbocycles. The summed E-state index contributed by atoms with van der Waals surface area (Å²) in [5.74, 6) is 0. The van der Waals surface area contributed by atoms with Crippen LogP contribution in [0.5, 0.6) is 0 Å². The van der Waals surface area contributed by atoms with Crippen LogP contribution in [0.4, 0.5) is 0 Å². The molecule has 0 saturated heterocycles. The van der Waals surface area contributed by atoms with E-state index in [9.17, 15) is 0 Å². The van der Waals surface area contributed by atoms with Crippen molar-refractivity contribution >= 4 is 23.2 Å². The molecule has 0 spiro atoms. The largest absolute Gasteiger partial charge is 0.501 e. The molecule has 0 unspecified atom stereocenters. The second-order valence-corrected chi connectivity index (χ2v) is 11.0. The summed E-state index contributed by atoms with van der Waals surface area (Å²) in [6, 6.07) is 33.4. The number of benzene rings is 3. The van der Waals surface area contributed by atoms with Gasteiger partial charge < -0.3 is 12.2 Å². The van der Waals surface area contributed by atoms with Gasteiger partial charge in [-0.05, 0) is 42.8 Å². The standard InChI is InChI=1S/C29H32P.3Y/c1-2-3-4-5-6-7-8-9-19-26-30(27-20-13-10-14-21-27,28-22-15-11-16-23-28)29-24-17-12-18-25-29;;;/h4,8,10-18,20-25H,2,5-6,9,19,26H2,1H3;;;/q-1;;;. The minimum absolute atomic E-state index is 0. The molecule has 3 rings (SSSR count). The number of hydrogen-bond donors (Lipinski definition) is 0. The van der Waals surface area contributed by atoms with Crippen molar-refractivity contribution in [1.82, 2.24) is 0 Å². The van der Waals surface area contributed by atoms with Crippen LogP contribution >= 0.6 is 7.26 Å². The molecule has 0 aliphatic carbocycles. The second kappa shape index (κ2) is 20.0. The van der Waals surface area contributed by atoms with Crippen LogP contribution in [0.25, 0.3) is 0 Å². The van der Waals surface area contributed by atoms with E-state index in [1.165, 1.54) is 22.1 Å². The Hall–Kier alpha value is 0.882. The van der Waals surface area contributed by atoms with E-state index in [1.54, 1.807) is 0 Å². The van der Waals surface area contributed by atoms with Crippen LogP contribution in [-0.4, -0.2) is 6.16 Å². The molecule has 163 valence electrons. The summed E-state index contributed by atoms with van der Waals surface area (Å²) in [4.78, 5) is 0. The average molecular weight is 678 g/mol. The van der Waals surface area contributed by atoms with Gasteiger partial charge in [-0.3, -0.25) is 12.2 Å². The Morgan fingerprint density at radius 2 is 1.03 bits per heavy atom. The molecule has 0 heterocycles. The van der Waals surface area contributed by atoms with E-state index < -0.39 is 7.26 Å². The summed E-state index contributed by atoms with van der Waals surface area (Å²) in [7, 11) is -1.69. The molecule has 0 atom stereocenters. The SMILES string of the molecule is CC[C-]=CCC[C-]=CCCC[P+](c1ccccc1)(c1ccccc1)c1ccccc1.[Y].[Y].[Y]. The first-order valence-corrected chi connectivity index (χ1v) is 13.0. The molecule has 0 aliphatic rings. The van der Waals surface area contributed by atoms with Crippen molar-refractivity contribution in [2.24, 2.45) is 0 Å². The first-order chi connectivity index (χ1) is 14.9. The van der Waals surface area contributed by atoms with Crippen molar-refractivity contribution in [3.05, 3.63) is 115 Å². The zero-order valence-electron chi connectivity index (χ0n) is 19.7. The van der Waals surface area contributed by atoms with E-state index >= 15 is 0 Å². The average Bonchev–Trinajstić information content (AvgIpc) is 2.82. The Morgan fingerprint density at radius 3 is 1.45 bits per heavy atom. The summed E-state index contributed by atoms with van der Waals surface area (Å²) in [6.07, 6.45) is 17.5. The van der Waals surface area contributed by atoms with Gasteiger partial charge in [-0.1, -0.05) is 74.4 Å². The topological polar surface area (TPSA) is 0 Å². The predicted molar refractivity (Wildman–Crippen MR) is 134 cm³/mol. The molecule has 0 N–H and O–H groups in total. The van der Waals surface area contributed by atoms with Crippen molar-refractivity contribution < 1.29 is 98.1 Å². The first kappa shape index (κ1) is 33.9. The molecule has 0 bridgehead atoms. The molecular weight excluding hydrogens is 646 g/mol. The van der Waals surface area contributed by atoms with Crippen LogP contribution in [0.3, 0.4) is 0 Å². The third-order valence-electron chi connectivity index (χ3n) is 5.36. The summed E-state index contributed by atoms with van der Waals surface area (Å²) in [5.41, 5.74) is 0. The third kappa shape index (κ3) is 10.4. The Bertz CT molecular complexity index is 813. The molecule has 33 heavy (non-hydrogen) atoms. The van der Waals surface area contributed by atoms with Gasteiger partial charge in [0.1, 0.15) is 23.2 Å². The van der Waals surface area contributed by atoms with E-state index in [2.05, 4.69) is 122 Å². The molecule has 0 fully saturated rings. The Labute approximate surface area is 277 Å². The first-order valence-electron chi connectivity index (χ1n) is 11.0. The van der Waals surface area contributed by atoms with Crippen LogP contribution in [0.2, 0.25) is 0 Å². The normalized spacial score (nSPS) is 10.9. The molecule has 0 aromatic heterocycles. The molecule has 3 aromatic carbocycles. The van der Waals surface area contributed by atoms with Gasteiger partial charge in [0.05, 0.1) is 6.16 Å². The predicted octanol–water partition coefficient (Wildman–Crippen LogP) is 6.66. The summed E-state index contributed by atoms with van der Waals surface area (Å²) >= 11 is 0. The molecule has 0 amide bonds. The van der Waals surface area contributed by atoms with Crippen molar-refractivity contribution in [2.75, 3.05) is 6.16 Å². The van der Waals surface area contributed by atoms with Gasteiger partial charge in [0, 0.05) is 98.1 Å². The zero-order chi connectivity index (χ0) is 20.9. The minimum Gasteiger partial charge on any atom is -0.501 e. The molecule has 0 aliphatic heterocycles. The van der Waals surface area contributed by atoms with Crippen LogP contribution in [0.15, 0.2) is 103 Å². The second-order valence-electron chi connectivity index (χ2n) is 7.39. The van der Waals surface area contributed by atoms with E-state index in [0.717, 1.165) is 32.1 Å². The fraction of sp³-hybridized carbons (Fsp3) is 0.241. The molecule has 4 heteroatoms. The monoisotopic (exact) mass is 678 g/mol. The van der Waals surface area contributed by atoms with Gasteiger partial charge in [-0.25, -0.2) is 0 Å². The van der Waals surface area contributed by atoms with Gasteiger partial charge >= 0.3 is 0 Å². The zero-order valence-corrected chi connectivity index (χ0v) is 29.1.